The number of rotatable bonds is 6. The van der Waals surface area contributed by atoms with Gasteiger partial charge in [-0.05, 0) is 35.4 Å². The van der Waals surface area contributed by atoms with Gasteiger partial charge < -0.3 is 15.2 Å². The second-order valence-corrected chi connectivity index (χ2v) is 5.94. The first-order valence-corrected chi connectivity index (χ1v) is 7.80. The Morgan fingerprint density at radius 2 is 1.79 bits per heavy atom. The Labute approximate surface area is 149 Å². The van der Waals surface area contributed by atoms with Crippen molar-refractivity contribution < 1.29 is 19.4 Å². The van der Waals surface area contributed by atoms with Crippen molar-refractivity contribution in [2.75, 3.05) is 5.32 Å². The Balaban J connectivity index is 2.12. The molecule has 0 atom stereocenters. The van der Waals surface area contributed by atoms with E-state index in [1.165, 1.54) is 19.1 Å². The van der Waals surface area contributed by atoms with E-state index < -0.39 is 5.97 Å². The number of halogens is 2. The van der Waals surface area contributed by atoms with Gasteiger partial charge in [0, 0.05) is 12.6 Å². The minimum atomic E-state index is -0.967. The summed E-state index contributed by atoms with van der Waals surface area (Å²) in [4.78, 5) is 21.8. The lowest BCUT2D eigenvalue weighted by Gasteiger charge is -2.12. The van der Waals surface area contributed by atoms with E-state index in [0.29, 0.717) is 11.3 Å². The molecule has 5 nitrogen and oxygen atoms in total. The smallest absolute Gasteiger partial charge is 0.307 e. The molecule has 0 aliphatic heterocycles. The summed E-state index contributed by atoms with van der Waals surface area (Å²) in [6, 6.07) is 10.2. The van der Waals surface area contributed by atoms with E-state index in [9.17, 15) is 9.59 Å². The van der Waals surface area contributed by atoms with Crippen molar-refractivity contribution in [2.24, 2.45) is 0 Å². The normalized spacial score (nSPS) is 10.3. The molecule has 126 valence electrons. The molecular weight excluding hydrogens is 353 g/mol. The van der Waals surface area contributed by atoms with Crippen molar-refractivity contribution in [1.29, 1.82) is 0 Å². The van der Waals surface area contributed by atoms with E-state index >= 15 is 0 Å². The molecule has 0 aromatic heterocycles. The SMILES string of the molecule is CC(=O)Nc1cccc(COc2c(Cl)cc(CC(=O)O)cc2Cl)c1. The molecule has 24 heavy (non-hydrogen) atoms. The van der Waals surface area contributed by atoms with E-state index in [-0.39, 0.29) is 34.7 Å². The first-order valence-electron chi connectivity index (χ1n) is 7.04. The highest BCUT2D eigenvalue weighted by molar-refractivity contribution is 6.37. The number of anilines is 1. The summed E-state index contributed by atoms with van der Waals surface area (Å²) in [7, 11) is 0. The van der Waals surface area contributed by atoms with Gasteiger partial charge in [0.2, 0.25) is 5.91 Å². The van der Waals surface area contributed by atoms with Crippen LogP contribution in [0.5, 0.6) is 5.75 Å². The van der Waals surface area contributed by atoms with Crippen molar-refractivity contribution >= 4 is 40.8 Å². The fraction of sp³-hybridized carbons (Fsp3) is 0.176. The van der Waals surface area contributed by atoms with E-state index in [0.717, 1.165) is 5.56 Å². The highest BCUT2D eigenvalue weighted by atomic mass is 35.5. The lowest BCUT2D eigenvalue weighted by molar-refractivity contribution is -0.136. The predicted octanol–water partition coefficient (Wildman–Crippen LogP) is 4.16. The van der Waals surface area contributed by atoms with Crippen molar-refractivity contribution in [2.45, 2.75) is 20.0 Å². The maximum Gasteiger partial charge on any atom is 0.307 e. The summed E-state index contributed by atoms with van der Waals surface area (Å²) in [6.07, 6.45) is -0.168. The molecular formula is C17H15Cl2NO4. The van der Waals surface area contributed by atoms with Gasteiger partial charge in [-0.1, -0.05) is 35.3 Å². The number of carbonyl (C=O) groups excluding carboxylic acids is 1. The first kappa shape index (κ1) is 18.1. The van der Waals surface area contributed by atoms with Crippen LogP contribution in [0.3, 0.4) is 0 Å². The number of ether oxygens (including phenoxy) is 1. The highest BCUT2D eigenvalue weighted by Crippen LogP contribution is 2.35. The Kier molecular flexibility index (Phi) is 6.06. The molecule has 0 radical (unpaired) electrons. The topological polar surface area (TPSA) is 75.6 Å². The van der Waals surface area contributed by atoms with Crippen LogP contribution in [0.4, 0.5) is 5.69 Å². The van der Waals surface area contributed by atoms with E-state index in [2.05, 4.69) is 5.32 Å². The molecule has 0 fully saturated rings. The van der Waals surface area contributed by atoms with Crippen LogP contribution >= 0.6 is 23.2 Å². The third-order valence-corrected chi connectivity index (χ3v) is 3.61. The van der Waals surface area contributed by atoms with Crippen LogP contribution < -0.4 is 10.1 Å². The zero-order valence-corrected chi connectivity index (χ0v) is 14.3. The Morgan fingerprint density at radius 3 is 2.38 bits per heavy atom. The van der Waals surface area contributed by atoms with Crippen LogP contribution in [0.15, 0.2) is 36.4 Å². The summed E-state index contributed by atoms with van der Waals surface area (Å²) < 4.78 is 5.65. The van der Waals surface area contributed by atoms with Gasteiger partial charge in [-0.2, -0.15) is 0 Å². The fourth-order valence-electron chi connectivity index (χ4n) is 2.12. The van der Waals surface area contributed by atoms with Crippen molar-refractivity contribution in [3.8, 4) is 5.75 Å². The number of aliphatic carboxylic acids is 1. The number of hydrogen-bond donors (Lipinski definition) is 2. The Bertz CT molecular complexity index is 754. The predicted molar refractivity (Wildman–Crippen MR) is 92.9 cm³/mol. The van der Waals surface area contributed by atoms with E-state index in [1.807, 2.05) is 6.07 Å². The zero-order valence-electron chi connectivity index (χ0n) is 12.8. The number of carbonyl (C=O) groups is 2. The molecule has 7 heteroatoms. The van der Waals surface area contributed by atoms with Crippen molar-refractivity contribution in [3.63, 3.8) is 0 Å². The molecule has 0 aliphatic carbocycles. The van der Waals surface area contributed by atoms with Gasteiger partial charge in [0.05, 0.1) is 16.5 Å². The van der Waals surface area contributed by atoms with Gasteiger partial charge in [-0.3, -0.25) is 9.59 Å². The van der Waals surface area contributed by atoms with Gasteiger partial charge in [0.1, 0.15) is 6.61 Å². The van der Waals surface area contributed by atoms with Crippen LogP contribution in [0.1, 0.15) is 18.1 Å². The third kappa shape index (κ3) is 5.15. The molecule has 1 amide bonds. The summed E-state index contributed by atoms with van der Waals surface area (Å²) in [5, 5.41) is 12.0. The number of carboxylic acid groups (broad SMARTS) is 1. The van der Waals surface area contributed by atoms with Gasteiger partial charge in [0.25, 0.3) is 0 Å². The van der Waals surface area contributed by atoms with Gasteiger partial charge in [-0.25, -0.2) is 0 Å². The Morgan fingerprint density at radius 1 is 1.12 bits per heavy atom. The number of nitrogens with one attached hydrogen (secondary N) is 1. The summed E-state index contributed by atoms with van der Waals surface area (Å²) >= 11 is 12.3. The van der Waals surface area contributed by atoms with Crippen LogP contribution in [-0.2, 0) is 22.6 Å². The molecule has 0 aliphatic rings. The van der Waals surface area contributed by atoms with Gasteiger partial charge >= 0.3 is 5.97 Å². The largest absolute Gasteiger partial charge is 0.486 e. The summed E-state index contributed by atoms with van der Waals surface area (Å²) in [5.74, 6) is -0.837. The maximum atomic E-state index is 11.1. The standard InChI is InChI=1S/C17H15Cl2NO4/c1-10(21)20-13-4-2-3-11(5-13)9-24-17-14(18)6-12(7-15(17)19)8-16(22)23/h2-7H,8-9H2,1H3,(H,20,21)(H,22,23). The maximum absolute atomic E-state index is 11.1. The second kappa shape index (κ2) is 8.04. The molecule has 2 rings (SSSR count). The van der Waals surface area contributed by atoms with Crippen LogP contribution in [0.25, 0.3) is 0 Å². The summed E-state index contributed by atoms with van der Waals surface area (Å²) in [6.45, 7) is 1.63. The molecule has 0 bridgehead atoms. The van der Waals surface area contributed by atoms with Crippen LogP contribution in [-0.4, -0.2) is 17.0 Å². The molecule has 0 saturated heterocycles. The lowest BCUT2D eigenvalue weighted by atomic mass is 10.1. The van der Waals surface area contributed by atoms with Crippen LogP contribution in [0, 0.1) is 0 Å². The second-order valence-electron chi connectivity index (χ2n) is 5.13. The molecule has 0 heterocycles. The number of benzene rings is 2. The number of carboxylic acids is 1. The van der Waals surface area contributed by atoms with Crippen LogP contribution in [0.2, 0.25) is 10.0 Å². The monoisotopic (exact) mass is 367 g/mol. The average Bonchev–Trinajstić information content (AvgIpc) is 2.45. The average molecular weight is 368 g/mol. The van der Waals surface area contributed by atoms with E-state index in [1.54, 1.807) is 18.2 Å². The van der Waals surface area contributed by atoms with Gasteiger partial charge in [0.15, 0.2) is 5.75 Å². The van der Waals surface area contributed by atoms with E-state index in [4.69, 9.17) is 33.0 Å². The molecule has 2 aromatic carbocycles. The number of amides is 1. The molecule has 0 saturated carbocycles. The summed E-state index contributed by atoms with van der Waals surface area (Å²) in [5.41, 5.74) is 1.98. The fourth-order valence-corrected chi connectivity index (χ4v) is 2.77. The molecule has 2 aromatic rings. The third-order valence-electron chi connectivity index (χ3n) is 3.04. The quantitative estimate of drug-likeness (QED) is 0.803. The molecule has 2 N–H and O–H groups in total. The minimum Gasteiger partial charge on any atom is -0.486 e. The highest BCUT2D eigenvalue weighted by Gasteiger charge is 2.12. The van der Waals surface area contributed by atoms with Crippen molar-refractivity contribution in [1.82, 2.24) is 0 Å². The van der Waals surface area contributed by atoms with Gasteiger partial charge in [-0.15, -0.1) is 0 Å². The Hall–Kier alpha value is -2.24. The minimum absolute atomic E-state index is 0.159. The molecule has 0 unspecified atom stereocenters. The lowest BCUT2D eigenvalue weighted by Crippen LogP contribution is -2.06. The first-order chi connectivity index (χ1) is 11.3. The molecule has 0 spiro atoms. The van der Waals surface area contributed by atoms with Crippen molar-refractivity contribution in [3.05, 3.63) is 57.6 Å². The number of hydrogen-bond acceptors (Lipinski definition) is 3. The zero-order chi connectivity index (χ0) is 17.7.